The lowest BCUT2D eigenvalue weighted by Gasteiger charge is -2.12. The van der Waals surface area contributed by atoms with Crippen molar-refractivity contribution in [2.45, 2.75) is 6.92 Å². The normalized spacial score (nSPS) is 10.7. The lowest BCUT2D eigenvalue weighted by molar-refractivity contribution is 0.0948. The molecule has 1 N–H and O–H groups in total. The van der Waals surface area contributed by atoms with Gasteiger partial charge in [0.05, 0.1) is 23.3 Å². The summed E-state index contributed by atoms with van der Waals surface area (Å²) < 4.78 is 5.66. The molecular weight excluding hydrogens is 360 g/mol. The summed E-state index contributed by atoms with van der Waals surface area (Å²) in [6.07, 6.45) is 0. The number of rotatable bonds is 6. The Labute approximate surface area is 170 Å². The molecule has 4 aromatic rings. The number of nitrogens with zero attached hydrogens (tertiary/aromatic N) is 1. The summed E-state index contributed by atoms with van der Waals surface area (Å²) in [6.45, 7) is 2.84. The van der Waals surface area contributed by atoms with Crippen LogP contribution in [0.1, 0.15) is 15.9 Å². The Morgan fingerprint density at radius 1 is 0.931 bits per heavy atom. The second kappa shape index (κ2) is 8.57. The molecule has 0 atom stereocenters. The number of benzene rings is 3. The van der Waals surface area contributed by atoms with E-state index in [4.69, 9.17) is 9.72 Å². The molecule has 4 heteroatoms. The van der Waals surface area contributed by atoms with E-state index in [0.29, 0.717) is 18.7 Å². The standard InChI is InChI=1S/C25H22N2O2/c1-18-12-13-23-21(16-18)22(17-24(27-23)19-8-4-2-5-9-19)25(28)26-14-15-29-20-10-6-3-7-11-20/h2-13,16-17H,14-15H2,1H3,(H,26,28). The maximum Gasteiger partial charge on any atom is 0.252 e. The average molecular weight is 382 g/mol. The molecule has 4 nitrogen and oxygen atoms in total. The largest absolute Gasteiger partial charge is 0.492 e. The van der Waals surface area contributed by atoms with Gasteiger partial charge in [-0.3, -0.25) is 4.79 Å². The molecule has 0 aliphatic heterocycles. The molecule has 1 heterocycles. The van der Waals surface area contributed by atoms with Crippen LogP contribution in [0.3, 0.4) is 0 Å². The van der Waals surface area contributed by atoms with Crippen LogP contribution in [0.4, 0.5) is 0 Å². The van der Waals surface area contributed by atoms with Gasteiger partial charge in [0.1, 0.15) is 12.4 Å². The number of carbonyl (C=O) groups excluding carboxylic acids is 1. The third-order valence-electron chi connectivity index (χ3n) is 4.68. The lowest BCUT2D eigenvalue weighted by atomic mass is 10.0. The quantitative estimate of drug-likeness (QED) is 0.477. The molecule has 1 amide bonds. The number of fused-ring (bicyclic) bond motifs is 1. The van der Waals surface area contributed by atoms with Crippen LogP contribution < -0.4 is 10.1 Å². The van der Waals surface area contributed by atoms with E-state index >= 15 is 0 Å². The molecule has 0 saturated heterocycles. The summed E-state index contributed by atoms with van der Waals surface area (Å²) in [5, 5.41) is 3.82. The van der Waals surface area contributed by atoms with Crippen molar-refractivity contribution in [1.29, 1.82) is 0 Å². The van der Waals surface area contributed by atoms with E-state index in [9.17, 15) is 4.79 Å². The lowest BCUT2D eigenvalue weighted by Crippen LogP contribution is -2.28. The molecular formula is C25H22N2O2. The van der Waals surface area contributed by atoms with E-state index in [1.165, 1.54) is 0 Å². The van der Waals surface area contributed by atoms with Gasteiger partial charge in [0.15, 0.2) is 0 Å². The number of pyridine rings is 1. The third-order valence-corrected chi connectivity index (χ3v) is 4.68. The van der Waals surface area contributed by atoms with Gasteiger partial charge in [-0.2, -0.15) is 0 Å². The molecule has 0 radical (unpaired) electrons. The zero-order chi connectivity index (χ0) is 20.1. The van der Waals surface area contributed by atoms with Crippen LogP contribution in [0.5, 0.6) is 5.75 Å². The predicted molar refractivity (Wildman–Crippen MR) is 116 cm³/mol. The first kappa shape index (κ1) is 18.7. The van der Waals surface area contributed by atoms with Gasteiger partial charge < -0.3 is 10.1 Å². The van der Waals surface area contributed by atoms with Crippen LogP contribution in [0.25, 0.3) is 22.2 Å². The maximum atomic E-state index is 13.0. The second-order valence-electron chi connectivity index (χ2n) is 6.86. The van der Waals surface area contributed by atoms with E-state index in [-0.39, 0.29) is 5.91 Å². The number of aromatic nitrogens is 1. The summed E-state index contributed by atoms with van der Waals surface area (Å²) in [6, 6.07) is 27.3. The first-order valence-electron chi connectivity index (χ1n) is 9.63. The van der Waals surface area contributed by atoms with Crippen LogP contribution in [-0.2, 0) is 0 Å². The third kappa shape index (κ3) is 4.43. The fourth-order valence-electron chi connectivity index (χ4n) is 3.23. The summed E-state index contributed by atoms with van der Waals surface area (Å²) in [4.78, 5) is 17.7. The number of para-hydroxylation sites is 1. The minimum absolute atomic E-state index is 0.128. The van der Waals surface area contributed by atoms with Crippen LogP contribution in [0, 0.1) is 6.92 Å². The van der Waals surface area contributed by atoms with Gasteiger partial charge >= 0.3 is 0 Å². The minimum atomic E-state index is -0.128. The SMILES string of the molecule is Cc1ccc2nc(-c3ccccc3)cc(C(=O)NCCOc3ccccc3)c2c1. The molecule has 0 unspecified atom stereocenters. The number of ether oxygens (including phenoxy) is 1. The molecule has 4 rings (SSSR count). The molecule has 144 valence electrons. The number of carbonyl (C=O) groups is 1. The second-order valence-corrected chi connectivity index (χ2v) is 6.86. The van der Waals surface area contributed by atoms with Gasteiger partial charge in [-0.05, 0) is 37.3 Å². The minimum Gasteiger partial charge on any atom is -0.492 e. The Hall–Kier alpha value is -3.66. The van der Waals surface area contributed by atoms with Gasteiger partial charge in [-0.15, -0.1) is 0 Å². The number of amides is 1. The molecule has 0 spiro atoms. The topological polar surface area (TPSA) is 51.2 Å². The van der Waals surface area contributed by atoms with Crippen molar-refractivity contribution < 1.29 is 9.53 Å². The van der Waals surface area contributed by atoms with Crippen molar-refractivity contribution in [2.75, 3.05) is 13.2 Å². The fourth-order valence-corrected chi connectivity index (χ4v) is 3.23. The van der Waals surface area contributed by atoms with Crippen LogP contribution in [0.15, 0.2) is 84.9 Å². The Morgan fingerprint density at radius 2 is 1.66 bits per heavy atom. The van der Waals surface area contributed by atoms with E-state index in [2.05, 4.69) is 5.32 Å². The molecule has 0 bridgehead atoms. The highest BCUT2D eigenvalue weighted by Gasteiger charge is 2.14. The van der Waals surface area contributed by atoms with Crippen molar-refractivity contribution >= 4 is 16.8 Å². The number of hydrogen-bond acceptors (Lipinski definition) is 3. The highest BCUT2D eigenvalue weighted by molar-refractivity contribution is 6.07. The molecule has 1 aromatic heterocycles. The Morgan fingerprint density at radius 3 is 2.41 bits per heavy atom. The van der Waals surface area contributed by atoms with Crippen LogP contribution >= 0.6 is 0 Å². The molecule has 0 fully saturated rings. The van der Waals surface area contributed by atoms with Crippen molar-refractivity contribution in [3.63, 3.8) is 0 Å². The zero-order valence-electron chi connectivity index (χ0n) is 16.3. The first-order valence-corrected chi connectivity index (χ1v) is 9.63. The van der Waals surface area contributed by atoms with Crippen molar-refractivity contribution in [1.82, 2.24) is 10.3 Å². The Bertz CT molecular complexity index is 1130. The smallest absolute Gasteiger partial charge is 0.252 e. The van der Waals surface area contributed by atoms with Crippen molar-refractivity contribution in [3.05, 3.63) is 96.1 Å². The van der Waals surface area contributed by atoms with Crippen LogP contribution in [0.2, 0.25) is 0 Å². The monoisotopic (exact) mass is 382 g/mol. The average Bonchev–Trinajstić information content (AvgIpc) is 2.77. The molecule has 0 aliphatic carbocycles. The number of hydrogen-bond donors (Lipinski definition) is 1. The first-order chi connectivity index (χ1) is 14.2. The molecule has 0 aliphatic rings. The van der Waals surface area contributed by atoms with E-state index in [1.807, 2.05) is 91.9 Å². The van der Waals surface area contributed by atoms with Gasteiger partial charge in [0.2, 0.25) is 0 Å². The Balaban J connectivity index is 1.57. The van der Waals surface area contributed by atoms with E-state index < -0.39 is 0 Å². The highest BCUT2D eigenvalue weighted by atomic mass is 16.5. The van der Waals surface area contributed by atoms with Crippen molar-refractivity contribution in [2.24, 2.45) is 0 Å². The van der Waals surface area contributed by atoms with Gasteiger partial charge in [0, 0.05) is 10.9 Å². The summed E-state index contributed by atoms with van der Waals surface area (Å²) in [5.41, 5.74) is 4.29. The number of aryl methyl sites for hydroxylation is 1. The molecule has 3 aromatic carbocycles. The predicted octanol–water partition coefficient (Wildman–Crippen LogP) is 5.02. The van der Waals surface area contributed by atoms with Crippen LogP contribution in [-0.4, -0.2) is 24.0 Å². The van der Waals surface area contributed by atoms with E-state index in [1.54, 1.807) is 0 Å². The summed E-state index contributed by atoms with van der Waals surface area (Å²) >= 11 is 0. The Kier molecular flexibility index (Phi) is 5.52. The summed E-state index contributed by atoms with van der Waals surface area (Å²) in [5.74, 6) is 0.662. The van der Waals surface area contributed by atoms with Gasteiger partial charge in [0.25, 0.3) is 5.91 Å². The van der Waals surface area contributed by atoms with Gasteiger partial charge in [-0.1, -0.05) is 60.2 Å². The summed E-state index contributed by atoms with van der Waals surface area (Å²) in [7, 11) is 0. The molecule has 29 heavy (non-hydrogen) atoms. The number of nitrogens with one attached hydrogen (secondary N) is 1. The highest BCUT2D eigenvalue weighted by Crippen LogP contribution is 2.25. The van der Waals surface area contributed by atoms with Gasteiger partial charge in [-0.25, -0.2) is 4.98 Å². The molecule has 0 saturated carbocycles. The van der Waals surface area contributed by atoms with Crippen molar-refractivity contribution in [3.8, 4) is 17.0 Å². The fraction of sp³-hybridized carbons (Fsp3) is 0.120. The van der Waals surface area contributed by atoms with E-state index in [0.717, 1.165) is 33.5 Å². The zero-order valence-corrected chi connectivity index (χ0v) is 16.3. The maximum absolute atomic E-state index is 13.0.